The second-order valence-electron chi connectivity index (χ2n) is 9.01. The molecule has 0 bridgehead atoms. The van der Waals surface area contributed by atoms with Gasteiger partial charge < -0.3 is 31.7 Å². The maximum absolute atomic E-state index is 14.7. The zero-order chi connectivity index (χ0) is 33.1. The van der Waals surface area contributed by atoms with E-state index in [1.807, 2.05) is 0 Å². The third-order valence-electron chi connectivity index (χ3n) is 6.23. The minimum Gasteiger partial charge on any atom is -0.497 e. The highest BCUT2D eigenvalue weighted by Gasteiger charge is 2.18. The zero-order valence-corrected chi connectivity index (χ0v) is 28.4. The Morgan fingerprint density at radius 2 is 0.848 bits per heavy atom. The van der Waals surface area contributed by atoms with Gasteiger partial charge in [0.15, 0.2) is 0 Å². The molecule has 0 heterocycles. The van der Waals surface area contributed by atoms with E-state index in [1.54, 1.807) is 72.8 Å². The summed E-state index contributed by atoms with van der Waals surface area (Å²) in [5, 5.41) is 17.6. The van der Waals surface area contributed by atoms with Crippen LogP contribution in [0.4, 0.5) is 17.6 Å². The lowest BCUT2D eigenvalue weighted by Crippen LogP contribution is -2.30. The summed E-state index contributed by atoms with van der Waals surface area (Å²) in [6.07, 6.45) is 0. The van der Waals surface area contributed by atoms with Crippen molar-refractivity contribution in [1.29, 1.82) is 0 Å². The van der Waals surface area contributed by atoms with Crippen LogP contribution in [-0.4, -0.2) is 38.5 Å². The predicted octanol–water partition coefficient (Wildman–Crippen LogP) is 8.63. The summed E-state index contributed by atoms with van der Waals surface area (Å²) in [6, 6.07) is 25.1. The van der Waals surface area contributed by atoms with Crippen LogP contribution >= 0.6 is 31.9 Å². The standard InChI is InChI=1S/C20H16F2O2.C7H9BO3.C6H2Br2F2.CH3/c1-23-19-9-5-3-7-13(19)15-11-18(22)16(12-17(15)21)14-8-4-6-10-20(14)24-2;1-11-7-5-3-2-4-6(7)8(9)10;7-3-1-5(9)4(8)2-6(3)10;/h3-12H,1-2H3;2-5,9-10H,1H3;1-2H;1H3/q;;;-1. The van der Waals surface area contributed by atoms with Crippen LogP contribution in [0, 0.1) is 30.7 Å². The molecule has 0 aliphatic heterocycles. The van der Waals surface area contributed by atoms with Crippen LogP contribution in [0.1, 0.15) is 0 Å². The van der Waals surface area contributed by atoms with E-state index in [0.29, 0.717) is 33.8 Å². The monoisotopic (exact) mass is 763 g/mol. The zero-order valence-electron chi connectivity index (χ0n) is 25.2. The fraction of sp³-hybridized carbons (Fsp3) is 0.0882. The Morgan fingerprint density at radius 3 is 1.20 bits per heavy atom. The van der Waals surface area contributed by atoms with E-state index < -0.39 is 30.4 Å². The number of rotatable bonds is 6. The van der Waals surface area contributed by atoms with Crippen LogP contribution in [0.2, 0.25) is 0 Å². The lowest BCUT2D eigenvalue weighted by atomic mass is 9.80. The average molecular weight is 765 g/mol. The lowest BCUT2D eigenvalue weighted by Gasteiger charge is -2.13. The van der Waals surface area contributed by atoms with Crippen LogP contribution in [-0.2, 0) is 0 Å². The minimum atomic E-state index is -1.47. The SMILES string of the molecule is COc1ccccc1-c1cc(F)c(-c2ccccc2OC)cc1F.COc1ccccc1B(O)O.Fc1cc(Br)c(F)cc1Br.[CH3-]. The molecule has 0 saturated carbocycles. The highest BCUT2D eigenvalue weighted by atomic mass is 79.9. The Balaban J connectivity index is 0.000000278. The molecule has 0 amide bonds. The molecule has 0 unspecified atom stereocenters. The maximum Gasteiger partial charge on any atom is 0.492 e. The van der Waals surface area contributed by atoms with Crippen LogP contribution in [0.3, 0.4) is 0 Å². The van der Waals surface area contributed by atoms with Gasteiger partial charge in [0.2, 0.25) is 0 Å². The number of ether oxygens (including phenoxy) is 3. The number of hydrogen-bond donors (Lipinski definition) is 2. The van der Waals surface area contributed by atoms with Gasteiger partial charge in [-0.2, -0.15) is 0 Å². The molecule has 0 radical (unpaired) electrons. The molecule has 5 rings (SSSR count). The molecule has 5 aromatic rings. The molecule has 0 atom stereocenters. The second kappa shape index (κ2) is 18.3. The molecule has 0 fully saturated rings. The molecule has 2 N–H and O–H groups in total. The van der Waals surface area contributed by atoms with E-state index in [9.17, 15) is 17.6 Å². The van der Waals surface area contributed by atoms with E-state index in [0.717, 1.165) is 12.1 Å². The van der Waals surface area contributed by atoms with Gasteiger partial charge in [-0.15, -0.1) is 0 Å². The van der Waals surface area contributed by atoms with Crippen LogP contribution in [0.15, 0.2) is 106 Å². The van der Waals surface area contributed by atoms with Gasteiger partial charge in [0.05, 0.1) is 30.3 Å². The second-order valence-corrected chi connectivity index (χ2v) is 10.7. The quantitative estimate of drug-likeness (QED) is 0.0785. The van der Waals surface area contributed by atoms with Gasteiger partial charge in [0, 0.05) is 27.7 Å². The third-order valence-corrected chi connectivity index (χ3v) is 7.45. The van der Waals surface area contributed by atoms with E-state index >= 15 is 0 Å². The molecular formula is C34H30BBr2F4O5-. The number of benzene rings is 5. The average Bonchev–Trinajstić information content (AvgIpc) is 3.05. The Kier molecular flexibility index (Phi) is 15.3. The van der Waals surface area contributed by atoms with Crippen molar-refractivity contribution in [2.45, 2.75) is 0 Å². The number of methoxy groups -OCH3 is 3. The summed E-state index contributed by atoms with van der Waals surface area (Å²) >= 11 is 5.69. The van der Waals surface area contributed by atoms with Crippen molar-refractivity contribution in [1.82, 2.24) is 0 Å². The van der Waals surface area contributed by atoms with E-state index in [2.05, 4.69) is 31.9 Å². The van der Waals surface area contributed by atoms with Crippen molar-refractivity contribution in [3.05, 3.63) is 137 Å². The largest absolute Gasteiger partial charge is 0.497 e. The molecule has 0 aliphatic carbocycles. The van der Waals surface area contributed by atoms with Crippen molar-refractivity contribution in [2.75, 3.05) is 21.3 Å². The predicted molar refractivity (Wildman–Crippen MR) is 181 cm³/mol. The summed E-state index contributed by atoms with van der Waals surface area (Å²) in [4.78, 5) is 0. The minimum absolute atomic E-state index is 0. The number of hydrogen-bond acceptors (Lipinski definition) is 5. The first-order chi connectivity index (χ1) is 21.5. The first-order valence-corrected chi connectivity index (χ1v) is 14.7. The highest BCUT2D eigenvalue weighted by molar-refractivity contribution is 9.11. The van der Waals surface area contributed by atoms with Crippen molar-refractivity contribution in [3.63, 3.8) is 0 Å². The van der Waals surface area contributed by atoms with Gasteiger partial charge in [-0.1, -0.05) is 54.6 Å². The summed E-state index contributed by atoms with van der Waals surface area (Å²) in [6.45, 7) is 0. The topological polar surface area (TPSA) is 68.2 Å². The van der Waals surface area contributed by atoms with Crippen LogP contribution in [0.25, 0.3) is 22.3 Å². The molecule has 0 aliphatic rings. The van der Waals surface area contributed by atoms with Gasteiger partial charge in [-0.3, -0.25) is 0 Å². The van der Waals surface area contributed by atoms with Gasteiger partial charge in [-0.25, -0.2) is 17.6 Å². The maximum atomic E-state index is 14.7. The van der Waals surface area contributed by atoms with E-state index in [4.69, 9.17) is 24.3 Å². The Labute approximate surface area is 282 Å². The van der Waals surface area contributed by atoms with Crippen LogP contribution in [0.5, 0.6) is 17.2 Å². The highest BCUT2D eigenvalue weighted by Crippen LogP contribution is 2.37. The Morgan fingerprint density at radius 1 is 0.500 bits per heavy atom. The van der Waals surface area contributed by atoms with Crippen molar-refractivity contribution in [3.8, 4) is 39.5 Å². The first kappa shape index (κ1) is 38.3. The van der Waals surface area contributed by atoms with Crippen molar-refractivity contribution in [2.24, 2.45) is 0 Å². The summed E-state index contributed by atoms with van der Waals surface area (Å²) in [5.74, 6) is -0.547. The van der Waals surface area contributed by atoms with E-state index in [1.165, 1.54) is 33.5 Å². The molecular weight excluding hydrogens is 735 g/mol. The molecule has 5 nitrogen and oxygen atoms in total. The van der Waals surface area contributed by atoms with Crippen molar-refractivity contribution >= 4 is 44.4 Å². The first-order valence-electron chi connectivity index (χ1n) is 13.1. The van der Waals surface area contributed by atoms with Crippen molar-refractivity contribution < 1.29 is 41.8 Å². The summed E-state index contributed by atoms with van der Waals surface area (Å²) in [7, 11) is 3.01. The Hall–Kier alpha value is -3.84. The third kappa shape index (κ3) is 9.83. The van der Waals surface area contributed by atoms with Gasteiger partial charge in [-0.05, 0) is 74.3 Å². The lowest BCUT2D eigenvalue weighted by molar-refractivity contribution is 0.403. The normalized spacial score (nSPS) is 9.89. The Bertz CT molecular complexity index is 1620. The molecule has 0 saturated heterocycles. The fourth-order valence-electron chi connectivity index (χ4n) is 4.07. The van der Waals surface area contributed by atoms with Gasteiger partial charge >= 0.3 is 7.12 Å². The molecule has 0 spiro atoms. The molecule has 46 heavy (non-hydrogen) atoms. The molecule has 242 valence electrons. The number of halogens is 6. The van der Waals surface area contributed by atoms with E-state index in [-0.39, 0.29) is 27.5 Å². The molecule has 0 aromatic heterocycles. The van der Waals surface area contributed by atoms with Gasteiger partial charge in [0.1, 0.15) is 40.5 Å². The van der Waals surface area contributed by atoms with Gasteiger partial charge in [0.25, 0.3) is 0 Å². The summed E-state index contributed by atoms with van der Waals surface area (Å²) < 4.78 is 70.0. The molecule has 12 heteroatoms. The summed E-state index contributed by atoms with van der Waals surface area (Å²) in [5.41, 5.74) is 1.70. The van der Waals surface area contributed by atoms with Crippen LogP contribution < -0.4 is 19.7 Å². The fourth-order valence-corrected chi connectivity index (χ4v) is 4.70. The molecule has 5 aromatic carbocycles. The number of para-hydroxylation sites is 3. The smallest absolute Gasteiger partial charge is 0.492 e.